The molecule has 28 heavy (non-hydrogen) atoms. The molecular weight excluding hydrogens is 391 g/mol. The minimum atomic E-state index is -4.90. The van der Waals surface area contributed by atoms with Crippen molar-refractivity contribution in [3.63, 3.8) is 0 Å². The van der Waals surface area contributed by atoms with Crippen molar-refractivity contribution >= 4 is 17.0 Å². The molecule has 0 saturated carbocycles. The molecule has 1 saturated heterocycles. The van der Waals surface area contributed by atoms with Gasteiger partial charge in [-0.3, -0.25) is 9.30 Å². The average Bonchev–Trinajstić information content (AvgIpc) is 3.19. The third-order valence-electron chi connectivity index (χ3n) is 4.10. The van der Waals surface area contributed by atoms with Gasteiger partial charge in [-0.15, -0.1) is 13.2 Å². The second-order valence-corrected chi connectivity index (χ2v) is 6.07. The summed E-state index contributed by atoms with van der Waals surface area (Å²) < 4.78 is 46.9. The van der Waals surface area contributed by atoms with Gasteiger partial charge in [-0.2, -0.15) is 0 Å². The van der Waals surface area contributed by atoms with Gasteiger partial charge in [0.2, 0.25) is 0 Å². The van der Waals surface area contributed by atoms with Gasteiger partial charge in [0.1, 0.15) is 24.6 Å². The van der Waals surface area contributed by atoms with Crippen LogP contribution in [0.25, 0.3) is 11.2 Å². The SMILES string of the molecule is OCC(O)CNc1ncnc2c1ncn2[C@@H]1O[C@H](COC(F)(F)F)C(O)C1O. The standard InChI is InChI=1S/C14H18F3N5O6/c15-14(16,17)27-3-7-9(25)10(26)13(28-7)22-5-21-8-11(18-1-6(24)2-23)19-4-20-12(8)22/h4-7,9-10,13,23-26H,1-3H2,(H,18,19,20)/t6?,7-,9?,10?,13-/m1/s1. The van der Waals surface area contributed by atoms with E-state index in [1.165, 1.54) is 10.9 Å². The second-order valence-electron chi connectivity index (χ2n) is 6.07. The fraction of sp³-hybridized carbons (Fsp3) is 0.643. The number of aliphatic hydroxyl groups is 4. The van der Waals surface area contributed by atoms with Gasteiger partial charge in [0.05, 0.1) is 25.6 Å². The molecule has 11 nitrogen and oxygen atoms in total. The smallest absolute Gasteiger partial charge is 0.394 e. The Balaban J connectivity index is 1.80. The van der Waals surface area contributed by atoms with Gasteiger partial charge >= 0.3 is 6.36 Å². The molecule has 3 unspecified atom stereocenters. The third-order valence-corrected chi connectivity index (χ3v) is 4.10. The molecule has 2 aromatic rings. The number of alkyl halides is 3. The molecule has 0 amide bonds. The third kappa shape index (κ3) is 4.31. The highest BCUT2D eigenvalue weighted by molar-refractivity contribution is 5.82. The maximum absolute atomic E-state index is 12.2. The summed E-state index contributed by atoms with van der Waals surface area (Å²) in [7, 11) is 0. The van der Waals surface area contributed by atoms with Crippen LogP contribution in [0.4, 0.5) is 19.0 Å². The predicted molar refractivity (Wildman–Crippen MR) is 84.8 cm³/mol. The Labute approximate surface area is 155 Å². The number of ether oxygens (including phenoxy) is 2. The predicted octanol–water partition coefficient (Wildman–Crippen LogP) is -1.25. The summed E-state index contributed by atoms with van der Waals surface area (Å²) in [6.07, 6.45) is -9.40. The first-order valence-corrected chi connectivity index (χ1v) is 8.14. The van der Waals surface area contributed by atoms with Crippen molar-refractivity contribution in [3.05, 3.63) is 12.7 Å². The number of fused-ring (bicyclic) bond motifs is 1. The number of hydrogen-bond donors (Lipinski definition) is 5. The van der Waals surface area contributed by atoms with Gasteiger partial charge < -0.3 is 30.5 Å². The molecular formula is C14H18F3N5O6. The minimum Gasteiger partial charge on any atom is -0.394 e. The number of nitrogens with one attached hydrogen (secondary N) is 1. The number of halogens is 3. The van der Waals surface area contributed by atoms with Crippen LogP contribution in [0.1, 0.15) is 6.23 Å². The lowest BCUT2D eigenvalue weighted by molar-refractivity contribution is -0.333. The molecule has 0 spiro atoms. The normalized spacial score (nSPS) is 26.7. The molecule has 0 radical (unpaired) electrons. The summed E-state index contributed by atoms with van der Waals surface area (Å²) in [6.45, 7) is -1.48. The van der Waals surface area contributed by atoms with Crippen LogP contribution in [0.3, 0.4) is 0 Å². The number of aliphatic hydroxyl groups excluding tert-OH is 4. The van der Waals surface area contributed by atoms with Crippen LogP contribution in [-0.4, -0.2) is 90.5 Å². The van der Waals surface area contributed by atoms with Crippen LogP contribution in [0.5, 0.6) is 0 Å². The summed E-state index contributed by atoms with van der Waals surface area (Å²) in [6, 6.07) is 0. The molecule has 0 bridgehead atoms. The van der Waals surface area contributed by atoms with Gasteiger partial charge in [-0.1, -0.05) is 0 Å². The number of nitrogens with zero attached hydrogens (tertiary/aromatic N) is 4. The van der Waals surface area contributed by atoms with E-state index in [0.717, 1.165) is 6.33 Å². The topological polar surface area (TPSA) is 155 Å². The molecule has 1 aliphatic rings. The van der Waals surface area contributed by atoms with Crippen LogP contribution in [-0.2, 0) is 9.47 Å². The first kappa shape index (κ1) is 20.6. The van der Waals surface area contributed by atoms with Crippen LogP contribution in [0.2, 0.25) is 0 Å². The molecule has 0 aliphatic carbocycles. The molecule has 14 heteroatoms. The Bertz CT molecular complexity index is 805. The first-order chi connectivity index (χ1) is 13.2. The van der Waals surface area contributed by atoms with E-state index in [9.17, 15) is 28.5 Å². The molecule has 0 aromatic carbocycles. The van der Waals surface area contributed by atoms with Crippen molar-refractivity contribution in [2.75, 3.05) is 25.1 Å². The maximum atomic E-state index is 12.2. The van der Waals surface area contributed by atoms with Crippen molar-refractivity contribution in [3.8, 4) is 0 Å². The maximum Gasteiger partial charge on any atom is 0.522 e. The van der Waals surface area contributed by atoms with Crippen molar-refractivity contribution < 1.29 is 43.1 Å². The van der Waals surface area contributed by atoms with Crippen molar-refractivity contribution in [2.45, 2.75) is 37.0 Å². The van der Waals surface area contributed by atoms with Crippen LogP contribution in [0, 0.1) is 0 Å². The van der Waals surface area contributed by atoms with E-state index in [-0.39, 0.29) is 23.5 Å². The quantitative estimate of drug-likeness (QED) is 0.374. The van der Waals surface area contributed by atoms with E-state index in [1.54, 1.807) is 0 Å². The number of imidazole rings is 1. The summed E-state index contributed by atoms with van der Waals surface area (Å²) in [5, 5.41) is 41.2. The fourth-order valence-corrected chi connectivity index (χ4v) is 2.72. The largest absolute Gasteiger partial charge is 0.522 e. The van der Waals surface area contributed by atoms with Gasteiger partial charge in [0, 0.05) is 6.54 Å². The highest BCUT2D eigenvalue weighted by Crippen LogP contribution is 2.33. The fourth-order valence-electron chi connectivity index (χ4n) is 2.72. The van der Waals surface area contributed by atoms with E-state index < -0.39 is 50.2 Å². The van der Waals surface area contributed by atoms with Gasteiger partial charge in [0.25, 0.3) is 0 Å². The number of aromatic nitrogens is 4. The zero-order valence-electron chi connectivity index (χ0n) is 14.2. The lowest BCUT2D eigenvalue weighted by atomic mass is 10.1. The summed E-state index contributed by atoms with van der Waals surface area (Å²) in [5.74, 6) is 0.223. The van der Waals surface area contributed by atoms with Gasteiger partial charge in [0.15, 0.2) is 23.2 Å². The molecule has 5 N–H and O–H groups in total. The second kappa shape index (κ2) is 8.10. The van der Waals surface area contributed by atoms with E-state index in [1.807, 2.05) is 0 Å². The summed E-state index contributed by atoms with van der Waals surface area (Å²) in [5.41, 5.74) is 0.401. The molecule has 3 rings (SSSR count). The molecule has 156 valence electrons. The van der Waals surface area contributed by atoms with Crippen LogP contribution < -0.4 is 5.32 Å². The monoisotopic (exact) mass is 409 g/mol. The average molecular weight is 409 g/mol. The van der Waals surface area contributed by atoms with Crippen LogP contribution >= 0.6 is 0 Å². The summed E-state index contributed by atoms with van der Waals surface area (Å²) >= 11 is 0. The molecule has 1 fully saturated rings. The first-order valence-electron chi connectivity index (χ1n) is 8.14. The van der Waals surface area contributed by atoms with Crippen molar-refractivity contribution in [1.29, 1.82) is 0 Å². The molecule has 2 aromatic heterocycles. The number of rotatable bonds is 7. The molecule has 5 atom stereocenters. The Morgan fingerprint density at radius 1 is 1.25 bits per heavy atom. The van der Waals surface area contributed by atoms with E-state index in [4.69, 9.17) is 9.84 Å². The molecule has 3 heterocycles. The Morgan fingerprint density at radius 3 is 2.68 bits per heavy atom. The Kier molecular flexibility index (Phi) is 5.97. The highest BCUT2D eigenvalue weighted by atomic mass is 19.4. The lowest BCUT2D eigenvalue weighted by Gasteiger charge is -2.17. The van der Waals surface area contributed by atoms with Crippen LogP contribution in [0.15, 0.2) is 12.7 Å². The van der Waals surface area contributed by atoms with Gasteiger partial charge in [-0.05, 0) is 0 Å². The van der Waals surface area contributed by atoms with Crippen molar-refractivity contribution in [2.24, 2.45) is 0 Å². The summed E-state index contributed by atoms with van der Waals surface area (Å²) in [4.78, 5) is 12.1. The highest BCUT2D eigenvalue weighted by Gasteiger charge is 2.46. The van der Waals surface area contributed by atoms with E-state index in [2.05, 4.69) is 25.0 Å². The number of hydrogen-bond acceptors (Lipinski definition) is 10. The Hall–Kier alpha value is -2.10. The zero-order chi connectivity index (χ0) is 20.5. The number of anilines is 1. The zero-order valence-corrected chi connectivity index (χ0v) is 14.2. The van der Waals surface area contributed by atoms with E-state index in [0.29, 0.717) is 0 Å². The minimum absolute atomic E-state index is 0.0202. The molecule has 1 aliphatic heterocycles. The lowest BCUT2D eigenvalue weighted by Crippen LogP contribution is -2.35. The van der Waals surface area contributed by atoms with Crippen molar-refractivity contribution in [1.82, 2.24) is 19.5 Å². The van der Waals surface area contributed by atoms with E-state index >= 15 is 0 Å². The van der Waals surface area contributed by atoms with Gasteiger partial charge in [-0.25, -0.2) is 15.0 Å². The Morgan fingerprint density at radius 2 is 2.00 bits per heavy atom.